The van der Waals surface area contributed by atoms with E-state index in [1.54, 1.807) is 16.8 Å². The van der Waals surface area contributed by atoms with E-state index in [0.29, 0.717) is 6.54 Å². The number of benzene rings is 1. The zero-order chi connectivity index (χ0) is 15.6. The number of fused-ring (bicyclic) bond motifs is 1. The van der Waals surface area contributed by atoms with E-state index in [-0.39, 0.29) is 30.3 Å². The van der Waals surface area contributed by atoms with Gasteiger partial charge in [0.15, 0.2) is 0 Å². The number of para-hydroxylation sites is 2. The number of carbonyl (C=O) groups excluding carboxylic acids is 2. The summed E-state index contributed by atoms with van der Waals surface area (Å²) in [4.78, 5) is 28.3. The van der Waals surface area contributed by atoms with E-state index in [4.69, 9.17) is 4.74 Å². The molecule has 1 heterocycles. The molecule has 0 N–H and O–H groups in total. The van der Waals surface area contributed by atoms with Gasteiger partial charge in [-0.25, -0.2) is 0 Å². The second kappa shape index (κ2) is 6.26. The Bertz CT molecular complexity index is 542. The molecule has 0 radical (unpaired) electrons. The second-order valence-corrected chi connectivity index (χ2v) is 5.67. The molecule has 2 amide bonds. The highest BCUT2D eigenvalue weighted by Crippen LogP contribution is 2.34. The van der Waals surface area contributed by atoms with E-state index in [0.717, 1.165) is 11.4 Å². The lowest BCUT2D eigenvalue weighted by Gasteiger charge is -2.25. The topological polar surface area (TPSA) is 49.9 Å². The van der Waals surface area contributed by atoms with Crippen LogP contribution < -0.4 is 9.80 Å². The molecule has 0 aromatic heterocycles. The third-order valence-electron chi connectivity index (χ3n) is 3.93. The Morgan fingerprint density at radius 1 is 1.33 bits per heavy atom. The fraction of sp³-hybridized carbons (Fsp3) is 0.500. The summed E-state index contributed by atoms with van der Waals surface area (Å²) < 4.78 is 4.97. The molecular formula is C16H22N2O3. The van der Waals surface area contributed by atoms with Crippen LogP contribution in [0.5, 0.6) is 0 Å². The lowest BCUT2D eigenvalue weighted by atomic mass is 9.94. The number of hydrogen-bond donors (Lipinski definition) is 0. The highest BCUT2D eigenvalue weighted by atomic mass is 16.5. The smallest absolute Gasteiger partial charge is 0.253 e. The Kier molecular flexibility index (Phi) is 4.63. The summed E-state index contributed by atoms with van der Waals surface area (Å²) >= 11 is 0. The van der Waals surface area contributed by atoms with Crippen LogP contribution in [0.25, 0.3) is 0 Å². The minimum atomic E-state index is -0.219. The van der Waals surface area contributed by atoms with Crippen molar-refractivity contribution in [2.75, 3.05) is 37.1 Å². The van der Waals surface area contributed by atoms with Crippen LogP contribution in [0.4, 0.5) is 11.4 Å². The van der Waals surface area contributed by atoms with Crippen molar-refractivity contribution in [3.8, 4) is 0 Å². The fourth-order valence-corrected chi connectivity index (χ4v) is 2.65. The van der Waals surface area contributed by atoms with Gasteiger partial charge in [-0.05, 0) is 18.1 Å². The normalized spacial score (nSPS) is 18.7. The monoisotopic (exact) mass is 290 g/mol. The molecule has 5 nitrogen and oxygen atoms in total. The van der Waals surface area contributed by atoms with E-state index in [1.807, 2.05) is 38.1 Å². The van der Waals surface area contributed by atoms with Crippen molar-refractivity contribution in [3.05, 3.63) is 24.3 Å². The van der Waals surface area contributed by atoms with Gasteiger partial charge in [0.2, 0.25) is 5.91 Å². The van der Waals surface area contributed by atoms with E-state index in [2.05, 4.69) is 0 Å². The minimum absolute atomic E-state index is 0.0110. The van der Waals surface area contributed by atoms with Crippen LogP contribution in [0.1, 0.15) is 13.8 Å². The third kappa shape index (κ3) is 2.93. The first kappa shape index (κ1) is 15.5. The standard InChI is InChI=1S/C16H22N2O3/c1-11(2)12-9-18(15(19)10-21-4)14-8-6-5-7-13(14)17(3)16(12)20/h5-8,11-12H,9-10H2,1-4H3/t12-/m1/s1. The molecule has 0 bridgehead atoms. The number of anilines is 2. The van der Waals surface area contributed by atoms with Gasteiger partial charge < -0.3 is 14.5 Å². The lowest BCUT2D eigenvalue weighted by molar-refractivity contribution is -0.124. The highest BCUT2D eigenvalue weighted by molar-refractivity contribution is 6.05. The predicted octanol–water partition coefficient (Wildman–Crippen LogP) is 1.91. The predicted molar refractivity (Wildman–Crippen MR) is 82.4 cm³/mol. The lowest BCUT2D eigenvalue weighted by Crippen LogP contribution is -2.42. The summed E-state index contributed by atoms with van der Waals surface area (Å²) in [5.41, 5.74) is 1.52. The average Bonchev–Trinajstić information content (AvgIpc) is 2.57. The Balaban J connectivity index is 2.50. The molecule has 0 saturated heterocycles. The molecule has 5 heteroatoms. The maximum Gasteiger partial charge on any atom is 0.253 e. The molecule has 1 atom stereocenters. The molecule has 114 valence electrons. The number of carbonyl (C=O) groups is 2. The van der Waals surface area contributed by atoms with E-state index in [1.165, 1.54) is 7.11 Å². The molecule has 21 heavy (non-hydrogen) atoms. The van der Waals surface area contributed by atoms with Crippen molar-refractivity contribution in [1.82, 2.24) is 0 Å². The Morgan fingerprint density at radius 2 is 1.95 bits per heavy atom. The van der Waals surface area contributed by atoms with Crippen LogP contribution in [0.3, 0.4) is 0 Å². The van der Waals surface area contributed by atoms with Gasteiger partial charge in [-0.3, -0.25) is 9.59 Å². The van der Waals surface area contributed by atoms with E-state index >= 15 is 0 Å². The number of methoxy groups -OCH3 is 1. The van der Waals surface area contributed by atoms with Gasteiger partial charge in [0.25, 0.3) is 5.91 Å². The molecule has 0 unspecified atom stereocenters. The zero-order valence-electron chi connectivity index (χ0n) is 13.0. The second-order valence-electron chi connectivity index (χ2n) is 5.67. The number of nitrogens with zero attached hydrogens (tertiary/aromatic N) is 2. The maximum absolute atomic E-state index is 12.6. The molecule has 1 aromatic rings. The number of ether oxygens (including phenoxy) is 1. The summed E-state index contributed by atoms with van der Waals surface area (Å²) in [5, 5.41) is 0. The third-order valence-corrected chi connectivity index (χ3v) is 3.93. The Hall–Kier alpha value is -1.88. The van der Waals surface area contributed by atoms with Crippen molar-refractivity contribution < 1.29 is 14.3 Å². The van der Waals surface area contributed by atoms with E-state index < -0.39 is 0 Å². The SMILES string of the molecule is COCC(=O)N1C[C@H](C(C)C)C(=O)N(C)c2ccccc21. The fourth-order valence-electron chi connectivity index (χ4n) is 2.65. The van der Waals surface area contributed by atoms with Gasteiger partial charge in [0.1, 0.15) is 6.61 Å². The van der Waals surface area contributed by atoms with Gasteiger partial charge in [0, 0.05) is 20.7 Å². The van der Waals surface area contributed by atoms with Crippen molar-refractivity contribution >= 4 is 23.2 Å². The summed E-state index contributed by atoms with van der Waals surface area (Å²) in [6.45, 7) is 4.41. The van der Waals surface area contributed by atoms with Crippen molar-refractivity contribution in [1.29, 1.82) is 0 Å². The molecular weight excluding hydrogens is 268 g/mol. The molecule has 1 aliphatic heterocycles. The molecule has 1 aliphatic rings. The Labute approximate surface area is 125 Å². The van der Waals surface area contributed by atoms with Crippen LogP contribution in [0, 0.1) is 11.8 Å². The first-order chi connectivity index (χ1) is 9.97. The van der Waals surface area contributed by atoms with Crippen molar-refractivity contribution in [2.45, 2.75) is 13.8 Å². The quantitative estimate of drug-likeness (QED) is 0.854. The first-order valence-corrected chi connectivity index (χ1v) is 7.13. The van der Waals surface area contributed by atoms with Crippen molar-refractivity contribution in [3.63, 3.8) is 0 Å². The van der Waals surface area contributed by atoms with Gasteiger partial charge >= 0.3 is 0 Å². The summed E-state index contributed by atoms with van der Waals surface area (Å²) in [6.07, 6.45) is 0. The minimum Gasteiger partial charge on any atom is -0.375 e. The van der Waals surface area contributed by atoms with Gasteiger partial charge in [-0.2, -0.15) is 0 Å². The van der Waals surface area contributed by atoms with Gasteiger partial charge in [-0.15, -0.1) is 0 Å². The number of rotatable bonds is 3. The summed E-state index contributed by atoms with van der Waals surface area (Å²) in [7, 11) is 3.26. The highest BCUT2D eigenvalue weighted by Gasteiger charge is 2.35. The largest absolute Gasteiger partial charge is 0.375 e. The van der Waals surface area contributed by atoms with Crippen LogP contribution in [0.2, 0.25) is 0 Å². The van der Waals surface area contributed by atoms with E-state index in [9.17, 15) is 9.59 Å². The first-order valence-electron chi connectivity index (χ1n) is 7.13. The average molecular weight is 290 g/mol. The molecule has 2 rings (SSSR count). The zero-order valence-corrected chi connectivity index (χ0v) is 13.0. The van der Waals surface area contributed by atoms with Crippen LogP contribution in [-0.2, 0) is 14.3 Å². The van der Waals surface area contributed by atoms with Crippen molar-refractivity contribution in [2.24, 2.45) is 11.8 Å². The molecule has 0 spiro atoms. The summed E-state index contributed by atoms with van der Waals surface area (Å²) in [5.74, 6) is -0.140. The van der Waals surface area contributed by atoms with Crippen LogP contribution in [0.15, 0.2) is 24.3 Å². The molecule has 0 aliphatic carbocycles. The maximum atomic E-state index is 12.6. The summed E-state index contributed by atoms with van der Waals surface area (Å²) in [6, 6.07) is 7.48. The van der Waals surface area contributed by atoms with Gasteiger partial charge in [0.05, 0.1) is 17.3 Å². The number of amides is 2. The number of hydrogen-bond acceptors (Lipinski definition) is 3. The van der Waals surface area contributed by atoms with Gasteiger partial charge in [-0.1, -0.05) is 26.0 Å². The van der Waals surface area contributed by atoms with Crippen LogP contribution >= 0.6 is 0 Å². The molecule has 0 saturated carbocycles. The molecule has 1 aromatic carbocycles. The van der Waals surface area contributed by atoms with Crippen LogP contribution in [-0.4, -0.2) is 39.1 Å². The Morgan fingerprint density at radius 3 is 2.52 bits per heavy atom. The molecule has 0 fully saturated rings.